The number of aryl methyl sites for hydroxylation is 1. The molecular formula is C14H19NO3S. The van der Waals surface area contributed by atoms with Crippen LogP contribution in [0.3, 0.4) is 0 Å². The first-order valence-corrected chi connectivity index (χ1v) is 7.56. The van der Waals surface area contributed by atoms with E-state index in [9.17, 15) is 14.7 Å². The van der Waals surface area contributed by atoms with Crippen LogP contribution < -0.4 is 5.32 Å². The molecule has 2 atom stereocenters. The van der Waals surface area contributed by atoms with Crippen molar-refractivity contribution in [3.8, 4) is 0 Å². The number of thiophene rings is 1. The van der Waals surface area contributed by atoms with E-state index in [0.29, 0.717) is 19.4 Å². The molecule has 0 aromatic carbocycles. The first-order chi connectivity index (χ1) is 9.09. The zero-order valence-electron chi connectivity index (χ0n) is 11.0. The van der Waals surface area contributed by atoms with E-state index < -0.39 is 11.9 Å². The van der Waals surface area contributed by atoms with Gasteiger partial charge in [0.05, 0.1) is 11.8 Å². The number of hydrogen-bond donors (Lipinski definition) is 2. The van der Waals surface area contributed by atoms with Crippen molar-refractivity contribution in [2.24, 2.45) is 11.8 Å². The largest absolute Gasteiger partial charge is 0.481 e. The second kappa shape index (κ2) is 6.19. The Balaban J connectivity index is 1.94. The molecule has 0 unspecified atom stereocenters. The number of nitrogens with one attached hydrogen (secondary N) is 1. The van der Waals surface area contributed by atoms with Crippen LogP contribution >= 0.6 is 11.3 Å². The van der Waals surface area contributed by atoms with Crippen molar-refractivity contribution >= 4 is 23.2 Å². The van der Waals surface area contributed by atoms with Crippen LogP contribution in [0.5, 0.6) is 0 Å². The van der Waals surface area contributed by atoms with Gasteiger partial charge in [0, 0.05) is 6.54 Å². The van der Waals surface area contributed by atoms with Crippen LogP contribution in [0.1, 0.15) is 36.8 Å². The van der Waals surface area contributed by atoms with Crippen LogP contribution in [0.15, 0.2) is 10.8 Å². The summed E-state index contributed by atoms with van der Waals surface area (Å²) in [4.78, 5) is 23.3. The molecule has 0 bridgehead atoms. The number of hydrogen-bond acceptors (Lipinski definition) is 3. The summed E-state index contributed by atoms with van der Waals surface area (Å²) in [5.74, 6) is -1.84. The molecule has 1 aliphatic carbocycles. The number of carbonyl (C=O) groups is 2. The topological polar surface area (TPSA) is 66.4 Å². The lowest BCUT2D eigenvalue weighted by Crippen LogP contribution is -2.39. The van der Waals surface area contributed by atoms with Crippen LogP contribution in [-0.2, 0) is 16.1 Å². The maximum Gasteiger partial charge on any atom is 0.307 e. The molecule has 2 rings (SSSR count). The molecule has 1 amide bonds. The van der Waals surface area contributed by atoms with Crippen LogP contribution in [0.25, 0.3) is 0 Å². The number of amides is 1. The maximum atomic E-state index is 12.1. The summed E-state index contributed by atoms with van der Waals surface area (Å²) in [5, 5.41) is 16.1. The molecule has 0 spiro atoms. The minimum atomic E-state index is -0.841. The van der Waals surface area contributed by atoms with Crippen LogP contribution in [0.4, 0.5) is 0 Å². The Hall–Kier alpha value is -1.36. The molecule has 1 aromatic rings. The summed E-state index contributed by atoms with van der Waals surface area (Å²) >= 11 is 1.61. The van der Waals surface area contributed by atoms with Gasteiger partial charge in [-0.15, -0.1) is 0 Å². The van der Waals surface area contributed by atoms with Gasteiger partial charge in [-0.1, -0.05) is 12.8 Å². The fraction of sp³-hybridized carbons (Fsp3) is 0.571. The average molecular weight is 281 g/mol. The van der Waals surface area contributed by atoms with Gasteiger partial charge in [0.25, 0.3) is 0 Å². The predicted molar refractivity (Wildman–Crippen MR) is 74.0 cm³/mol. The molecule has 19 heavy (non-hydrogen) atoms. The quantitative estimate of drug-likeness (QED) is 0.891. The third-order valence-corrected chi connectivity index (χ3v) is 4.74. The van der Waals surface area contributed by atoms with Crippen molar-refractivity contribution in [3.05, 3.63) is 21.9 Å². The zero-order chi connectivity index (χ0) is 13.8. The number of carboxylic acids is 1. The molecule has 5 heteroatoms. The monoisotopic (exact) mass is 281 g/mol. The van der Waals surface area contributed by atoms with E-state index in [2.05, 4.69) is 5.32 Å². The molecule has 0 aliphatic heterocycles. The van der Waals surface area contributed by atoms with Crippen molar-refractivity contribution in [1.29, 1.82) is 0 Å². The van der Waals surface area contributed by atoms with Crippen molar-refractivity contribution in [2.45, 2.75) is 39.2 Å². The first-order valence-electron chi connectivity index (χ1n) is 6.61. The number of carbonyl (C=O) groups excluding carboxylic acids is 1. The van der Waals surface area contributed by atoms with Gasteiger partial charge >= 0.3 is 5.97 Å². The van der Waals surface area contributed by atoms with Gasteiger partial charge in [0.15, 0.2) is 0 Å². The van der Waals surface area contributed by atoms with E-state index in [0.717, 1.165) is 18.4 Å². The minimum Gasteiger partial charge on any atom is -0.481 e. The molecule has 0 radical (unpaired) electrons. The summed E-state index contributed by atoms with van der Waals surface area (Å²) in [7, 11) is 0. The van der Waals surface area contributed by atoms with Gasteiger partial charge in [-0.2, -0.15) is 11.3 Å². The van der Waals surface area contributed by atoms with Crippen LogP contribution in [0, 0.1) is 18.8 Å². The molecule has 1 aliphatic rings. The summed E-state index contributed by atoms with van der Waals surface area (Å²) < 4.78 is 0. The van der Waals surface area contributed by atoms with E-state index >= 15 is 0 Å². The lowest BCUT2D eigenvalue weighted by atomic mass is 9.78. The van der Waals surface area contributed by atoms with E-state index in [4.69, 9.17) is 0 Å². The lowest BCUT2D eigenvalue weighted by Gasteiger charge is -2.27. The lowest BCUT2D eigenvalue weighted by molar-refractivity contribution is -0.148. The molecule has 1 aromatic heterocycles. The number of rotatable bonds is 4. The SMILES string of the molecule is Cc1cscc1CNC(=O)[C@@H]1CCCC[C@@H]1C(=O)O. The Morgan fingerprint density at radius 2 is 2.00 bits per heavy atom. The number of aliphatic carboxylic acids is 1. The summed E-state index contributed by atoms with van der Waals surface area (Å²) in [6, 6.07) is 0. The predicted octanol–water partition coefficient (Wildman–Crippen LogP) is 2.56. The molecule has 2 N–H and O–H groups in total. The highest BCUT2D eigenvalue weighted by molar-refractivity contribution is 7.08. The van der Waals surface area contributed by atoms with Crippen LogP contribution in [0.2, 0.25) is 0 Å². The Morgan fingerprint density at radius 1 is 1.32 bits per heavy atom. The smallest absolute Gasteiger partial charge is 0.307 e. The van der Waals surface area contributed by atoms with Gasteiger partial charge in [0.1, 0.15) is 0 Å². The maximum absolute atomic E-state index is 12.1. The normalized spacial score (nSPS) is 23.0. The number of carboxylic acid groups (broad SMARTS) is 1. The molecule has 104 valence electrons. The Morgan fingerprint density at radius 3 is 2.58 bits per heavy atom. The fourth-order valence-electron chi connectivity index (χ4n) is 2.62. The van der Waals surface area contributed by atoms with Gasteiger partial charge < -0.3 is 10.4 Å². The van der Waals surface area contributed by atoms with Gasteiger partial charge in [-0.05, 0) is 41.7 Å². The Kier molecular flexibility index (Phi) is 4.58. The van der Waals surface area contributed by atoms with E-state index in [1.54, 1.807) is 11.3 Å². The summed E-state index contributed by atoms with van der Waals surface area (Å²) in [5.41, 5.74) is 2.28. The molecule has 1 heterocycles. The van der Waals surface area contributed by atoms with Crippen molar-refractivity contribution in [3.63, 3.8) is 0 Å². The highest BCUT2D eigenvalue weighted by atomic mass is 32.1. The second-order valence-electron chi connectivity index (χ2n) is 5.13. The highest BCUT2D eigenvalue weighted by Crippen LogP contribution is 2.30. The van der Waals surface area contributed by atoms with E-state index in [-0.39, 0.29) is 11.8 Å². The average Bonchev–Trinajstić information content (AvgIpc) is 2.81. The third-order valence-electron chi connectivity index (χ3n) is 3.83. The molecular weight excluding hydrogens is 262 g/mol. The standard InChI is InChI=1S/C14H19NO3S/c1-9-7-19-8-10(9)6-15-13(16)11-4-2-3-5-12(11)14(17)18/h7-8,11-12H,2-6H2,1H3,(H,15,16)(H,17,18)/t11-,12+/m1/s1. The molecule has 1 saturated carbocycles. The van der Waals surface area contributed by atoms with E-state index in [1.165, 1.54) is 5.56 Å². The zero-order valence-corrected chi connectivity index (χ0v) is 11.8. The van der Waals surface area contributed by atoms with Crippen molar-refractivity contribution in [1.82, 2.24) is 5.32 Å². The summed E-state index contributed by atoms with van der Waals surface area (Å²) in [6.45, 7) is 2.51. The second-order valence-corrected chi connectivity index (χ2v) is 5.88. The van der Waals surface area contributed by atoms with Crippen LogP contribution in [-0.4, -0.2) is 17.0 Å². The van der Waals surface area contributed by atoms with Gasteiger partial charge in [-0.25, -0.2) is 0 Å². The third kappa shape index (κ3) is 3.35. The van der Waals surface area contributed by atoms with Crippen molar-refractivity contribution in [2.75, 3.05) is 0 Å². The van der Waals surface area contributed by atoms with E-state index in [1.807, 2.05) is 17.7 Å². The Bertz CT molecular complexity index is 469. The molecule has 1 fully saturated rings. The summed E-state index contributed by atoms with van der Waals surface area (Å²) in [6.07, 6.45) is 3.15. The van der Waals surface area contributed by atoms with Gasteiger partial charge in [-0.3, -0.25) is 9.59 Å². The minimum absolute atomic E-state index is 0.113. The fourth-order valence-corrected chi connectivity index (χ4v) is 3.48. The van der Waals surface area contributed by atoms with Crippen molar-refractivity contribution < 1.29 is 14.7 Å². The first kappa shape index (κ1) is 14.1. The Labute approximate surface area is 116 Å². The highest BCUT2D eigenvalue weighted by Gasteiger charge is 2.35. The van der Waals surface area contributed by atoms with Gasteiger partial charge in [0.2, 0.25) is 5.91 Å². The molecule has 4 nitrogen and oxygen atoms in total. The molecule has 0 saturated heterocycles.